The molecule has 1 aromatic heterocycles. The van der Waals surface area contributed by atoms with E-state index in [1.54, 1.807) is 37.3 Å². The average molecular weight is 784 g/mol. The van der Waals surface area contributed by atoms with Gasteiger partial charge >= 0.3 is 6.18 Å². The number of ketones is 1. The minimum absolute atomic E-state index is 0. The van der Waals surface area contributed by atoms with Gasteiger partial charge in [-0.3, -0.25) is 9.59 Å². The second kappa shape index (κ2) is 15.5. The molecular formula is C35H29EuF3NO5P. The summed E-state index contributed by atoms with van der Waals surface area (Å²) in [5.41, 5.74) is -2.09. The van der Waals surface area contributed by atoms with E-state index in [4.69, 9.17) is 0 Å². The number of alkyl halides is 3. The fourth-order valence-corrected chi connectivity index (χ4v) is 7.89. The molecule has 5 aromatic carbocycles. The van der Waals surface area contributed by atoms with Crippen LogP contribution in [0.4, 0.5) is 13.2 Å². The molecule has 0 aliphatic heterocycles. The number of Topliss-reactive ketones (excluding diaryl/α,β-unsaturated/α-hetero) is 1. The Kier molecular flexibility index (Phi) is 12.5. The van der Waals surface area contributed by atoms with E-state index < -0.39 is 36.0 Å². The first-order chi connectivity index (χ1) is 21.1. The Morgan fingerprint density at radius 1 is 0.717 bits per heavy atom. The van der Waals surface area contributed by atoms with E-state index in [-0.39, 0.29) is 66.8 Å². The Hall–Kier alpha value is -3.40. The predicted octanol–water partition coefficient (Wildman–Crippen LogP) is 6.13. The smallest absolute Gasteiger partial charge is 0.455 e. The summed E-state index contributed by atoms with van der Waals surface area (Å²) >= 11 is 0. The molecule has 237 valence electrons. The summed E-state index contributed by atoms with van der Waals surface area (Å²) in [6.45, 7) is 1.64. The molecule has 0 bridgehead atoms. The van der Waals surface area contributed by atoms with Gasteiger partial charge in [-0.15, -0.1) is 0 Å². The van der Waals surface area contributed by atoms with Gasteiger partial charge in [0.1, 0.15) is 11.3 Å². The summed E-state index contributed by atoms with van der Waals surface area (Å²) in [7, 11) is -2.78. The van der Waals surface area contributed by atoms with Crippen molar-refractivity contribution in [1.82, 2.24) is 4.57 Å². The standard InChI is InChI=1S/C18H15OP.C17H12F3NO3.Eu.H2O/c19-20(16-10-4-1-5-11-16,17-12-6-2-7-13-17)18-14-8-3-9-15-18;1-2-21-13-10-6-4-3-5-9(10)7-8-11(13)14(22)12(16(21)24)15(23)17(18,19)20;;/h1-15H;3-8,22H,2H2,1H3;;1H2. The van der Waals surface area contributed by atoms with E-state index in [0.717, 1.165) is 25.9 Å². The van der Waals surface area contributed by atoms with Crippen LogP contribution in [0.1, 0.15) is 17.3 Å². The zero-order valence-electron chi connectivity index (χ0n) is 24.4. The molecule has 1 heterocycles. The number of carbonyl (C=O) groups is 1. The van der Waals surface area contributed by atoms with Crippen LogP contribution in [-0.4, -0.2) is 27.1 Å². The van der Waals surface area contributed by atoms with Crippen LogP contribution >= 0.6 is 7.14 Å². The Morgan fingerprint density at radius 2 is 1.15 bits per heavy atom. The molecule has 1 radical (unpaired) electrons. The Bertz CT molecular complexity index is 1970. The monoisotopic (exact) mass is 784 g/mol. The van der Waals surface area contributed by atoms with Crippen LogP contribution in [0, 0.1) is 49.4 Å². The van der Waals surface area contributed by atoms with Gasteiger partial charge < -0.3 is 19.7 Å². The summed E-state index contributed by atoms with van der Waals surface area (Å²) in [5.74, 6) is -3.28. The van der Waals surface area contributed by atoms with E-state index in [9.17, 15) is 32.4 Å². The Morgan fingerprint density at radius 3 is 1.59 bits per heavy atom. The summed E-state index contributed by atoms with van der Waals surface area (Å²) in [6, 6.07) is 39.2. The van der Waals surface area contributed by atoms with Crippen molar-refractivity contribution in [1.29, 1.82) is 0 Å². The number of aromatic nitrogens is 1. The first-order valence-corrected chi connectivity index (χ1v) is 15.4. The number of aryl methyl sites for hydroxylation is 1. The molecule has 0 spiro atoms. The molecule has 0 atom stereocenters. The number of rotatable bonds is 5. The third kappa shape index (κ3) is 7.12. The van der Waals surface area contributed by atoms with Crippen molar-refractivity contribution in [3.8, 4) is 5.75 Å². The van der Waals surface area contributed by atoms with E-state index in [0.29, 0.717) is 10.9 Å². The van der Waals surface area contributed by atoms with Gasteiger partial charge in [-0.05, 0) is 18.4 Å². The number of halogens is 3. The van der Waals surface area contributed by atoms with Crippen LogP contribution in [0.2, 0.25) is 0 Å². The Labute approximate surface area is 303 Å². The summed E-state index contributed by atoms with van der Waals surface area (Å²) in [6.07, 6.45) is -5.24. The molecular weight excluding hydrogens is 754 g/mol. The number of carbonyl (C=O) groups excluding carboxylic acids is 1. The van der Waals surface area contributed by atoms with Gasteiger partial charge in [0, 0.05) is 82.6 Å². The molecule has 11 heteroatoms. The van der Waals surface area contributed by atoms with Gasteiger partial charge in [0.15, 0.2) is 7.14 Å². The first kappa shape index (κ1) is 37.1. The van der Waals surface area contributed by atoms with Gasteiger partial charge in [0.05, 0.1) is 5.52 Å². The minimum Gasteiger partial charge on any atom is -0.506 e. The Balaban J connectivity index is 0.000000243. The SMILES string of the molecule is CCn1c(=O)c(C(=O)C(F)(F)F)c(O)c2ccc3ccccc3c21.O.O=P(c1ccccc1)(c1ccccc1)c1ccccc1.[Eu]. The van der Waals surface area contributed by atoms with Crippen LogP contribution < -0.4 is 21.5 Å². The van der Waals surface area contributed by atoms with Gasteiger partial charge in [0.2, 0.25) is 0 Å². The largest absolute Gasteiger partial charge is 0.506 e. The van der Waals surface area contributed by atoms with Crippen molar-refractivity contribution in [2.45, 2.75) is 19.6 Å². The molecule has 46 heavy (non-hydrogen) atoms. The molecule has 0 fully saturated rings. The second-order valence-corrected chi connectivity index (χ2v) is 12.7. The minimum atomic E-state index is -5.24. The molecule has 6 nitrogen and oxygen atoms in total. The molecule has 0 aliphatic carbocycles. The molecule has 6 rings (SSSR count). The van der Waals surface area contributed by atoms with Crippen molar-refractivity contribution in [2.24, 2.45) is 0 Å². The fourth-order valence-electron chi connectivity index (χ4n) is 5.22. The molecule has 3 N–H and O–H groups in total. The first-order valence-electron chi connectivity index (χ1n) is 13.7. The zero-order valence-corrected chi connectivity index (χ0v) is 27.7. The van der Waals surface area contributed by atoms with Crippen LogP contribution in [0.15, 0.2) is 132 Å². The topological polar surface area (TPSA) is 108 Å². The van der Waals surface area contributed by atoms with Crippen molar-refractivity contribution < 1.29 is 82.5 Å². The number of hydrogen-bond donors (Lipinski definition) is 1. The maximum absolute atomic E-state index is 13.8. The van der Waals surface area contributed by atoms with Crippen LogP contribution in [0.3, 0.4) is 0 Å². The number of aromatic hydroxyl groups is 1. The average Bonchev–Trinajstić information content (AvgIpc) is 3.05. The molecule has 6 aromatic rings. The summed E-state index contributed by atoms with van der Waals surface area (Å²) in [4.78, 5) is 24.0. The van der Waals surface area contributed by atoms with E-state index in [2.05, 4.69) is 0 Å². The van der Waals surface area contributed by atoms with Crippen molar-refractivity contribution in [3.63, 3.8) is 0 Å². The maximum atomic E-state index is 13.8. The molecule has 0 aliphatic rings. The van der Waals surface area contributed by atoms with Crippen LogP contribution in [0.25, 0.3) is 21.7 Å². The molecule has 0 saturated carbocycles. The molecule has 0 unspecified atom stereocenters. The summed E-state index contributed by atoms with van der Waals surface area (Å²) < 4.78 is 53.2. The van der Waals surface area contributed by atoms with Gasteiger partial charge in [-0.2, -0.15) is 13.2 Å². The number of benzene rings is 5. The predicted molar refractivity (Wildman–Crippen MR) is 173 cm³/mol. The van der Waals surface area contributed by atoms with Crippen molar-refractivity contribution in [2.75, 3.05) is 0 Å². The van der Waals surface area contributed by atoms with Crippen molar-refractivity contribution >= 4 is 50.5 Å². The third-order valence-electron chi connectivity index (χ3n) is 7.28. The second-order valence-electron chi connectivity index (χ2n) is 9.90. The zero-order chi connectivity index (χ0) is 31.5. The van der Waals surface area contributed by atoms with Gasteiger partial charge in [0.25, 0.3) is 11.3 Å². The van der Waals surface area contributed by atoms with Crippen LogP contribution in [-0.2, 0) is 11.1 Å². The van der Waals surface area contributed by atoms with Gasteiger partial charge in [-0.25, -0.2) is 0 Å². The third-order valence-corrected chi connectivity index (χ3v) is 10.4. The number of pyridine rings is 1. The maximum Gasteiger partial charge on any atom is 0.455 e. The number of nitrogens with zero attached hydrogens (tertiary/aromatic N) is 1. The van der Waals surface area contributed by atoms with E-state index in [1.165, 1.54) is 6.07 Å². The van der Waals surface area contributed by atoms with Gasteiger partial charge in [-0.1, -0.05) is 121 Å². The quantitative estimate of drug-likeness (QED) is 0.129. The number of fused-ring (bicyclic) bond motifs is 3. The van der Waals surface area contributed by atoms with Crippen LogP contribution in [0.5, 0.6) is 5.75 Å². The van der Waals surface area contributed by atoms with Crippen molar-refractivity contribution in [3.05, 3.63) is 143 Å². The fraction of sp³-hybridized carbons (Fsp3) is 0.0857. The molecule has 0 saturated heterocycles. The molecule has 0 amide bonds. The normalized spacial score (nSPS) is 11.1. The number of hydrogen-bond acceptors (Lipinski definition) is 4. The summed E-state index contributed by atoms with van der Waals surface area (Å²) in [5, 5.41) is 14.2. The van der Waals surface area contributed by atoms with E-state index in [1.807, 2.05) is 91.0 Å². The van der Waals surface area contributed by atoms with E-state index >= 15 is 0 Å².